The van der Waals surface area contributed by atoms with Crippen LogP contribution in [0.15, 0.2) is 18.2 Å². The molecule has 2 fully saturated rings. The van der Waals surface area contributed by atoms with Gasteiger partial charge in [0, 0.05) is 43.6 Å². The first-order chi connectivity index (χ1) is 13.1. The first-order valence-electron chi connectivity index (χ1n) is 9.87. The minimum Gasteiger partial charge on any atom is -0.497 e. The first-order valence-corrected chi connectivity index (χ1v) is 9.87. The highest BCUT2D eigenvalue weighted by Gasteiger charge is 2.35. The lowest BCUT2D eigenvalue weighted by Crippen LogP contribution is -2.41. The number of carbonyl (C=O) groups is 2. The Kier molecular flexibility index (Phi) is 6.58. The van der Waals surface area contributed by atoms with Crippen LogP contribution in [0.2, 0.25) is 0 Å². The van der Waals surface area contributed by atoms with Crippen molar-refractivity contribution in [3.63, 3.8) is 0 Å². The highest BCUT2D eigenvalue weighted by molar-refractivity contribution is 5.81. The normalized spacial score (nSPS) is 19.5. The van der Waals surface area contributed by atoms with Crippen LogP contribution in [0.3, 0.4) is 0 Å². The summed E-state index contributed by atoms with van der Waals surface area (Å²) in [6, 6.07) is 5.58. The van der Waals surface area contributed by atoms with E-state index in [-0.39, 0.29) is 11.8 Å². The van der Waals surface area contributed by atoms with E-state index >= 15 is 0 Å². The standard InChI is InChI=1S/C21H30N2O4/c1-26-18-9-8-17(19(12-18)27-2)13-22-20(24)10-5-15-4-3-11-23(14-15)21(25)16-6-7-16/h8-9,12,15-16H,3-7,10-11,13-14H2,1-2H3,(H,22,24)/t15-/m0/s1. The summed E-state index contributed by atoms with van der Waals surface area (Å²) in [6.07, 6.45) is 5.59. The molecule has 1 atom stereocenters. The molecule has 1 heterocycles. The first kappa shape index (κ1) is 19.5. The van der Waals surface area contributed by atoms with Crippen molar-refractivity contribution < 1.29 is 19.1 Å². The highest BCUT2D eigenvalue weighted by Crippen LogP contribution is 2.33. The van der Waals surface area contributed by atoms with Gasteiger partial charge in [0.1, 0.15) is 11.5 Å². The average Bonchev–Trinajstić information content (AvgIpc) is 3.55. The lowest BCUT2D eigenvalue weighted by atomic mass is 9.93. The molecule has 0 unspecified atom stereocenters. The van der Waals surface area contributed by atoms with Crippen molar-refractivity contribution in [2.45, 2.75) is 45.1 Å². The molecule has 3 rings (SSSR count). The Morgan fingerprint density at radius 3 is 2.70 bits per heavy atom. The lowest BCUT2D eigenvalue weighted by Gasteiger charge is -2.33. The van der Waals surface area contributed by atoms with E-state index in [0.717, 1.165) is 56.5 Å². The predicted octanol–water partition coefficient (Wildman–Crippen LogP) is 2.75. The van der Waals surface area contributed by atoms with Gasteiger partial charge in [-0.1, -0.05) is 0 Å². The minimum absolute atomic E-state index is 0.0403. The number of benzene rings is 1. The lowest BCUT2D eigenvalue weighted by molar-refractivity contribution is -0.134. The maximum absolute atomic E-state index is 12.3. The molecule has 1 saturated carbocycles. The average molecular weight is 374 g/mol. The van der Waals surface area contributed by atoms with Crippen LogP contribution < -0.4 is 14.8 Å². The Morgan fingerprint density at radius 1 is 1.19 bits per heavy atom. The monoisotopic (exact) mass is 374 g/mol. The second-order valence-corrected chi connectivity index (χ2v) is 7.56. The van der Waals surface area contributed by atoms with E-state index in [2.05, 4.69) is 5.32 Å². The number of nitrogens with one attached hydrogen (secondary N) is 1. The zero-order valence-electron chi connectivity index (χ0n) is 16.3. The highest BCUT2D eigenvalue weighted by atomic mass is 16.5. The minimum atomic E-state index is 0.0403. The molecule has 1 aromatic rings. The van der Waals surface area contributed by atoms with Gasteiger partial charge in [0.15, 0.2) is 0 Å². The van der Waals surface area contributed by atoms with Crippen LogP contribution in [-0.2, 0) is 16.1 Å². The van der Waals surface area contributed by atoms with Gasteiger partial charge in [-0.15, -0.1) is 0 Å². The van der Waals surface area contributed by atoms with E-state index in [9.17, 15) is 9.59 Å². The molecular formula is C21H30N2O4. The van der Waals surface area contributed by atoms with E-state index < -0.39 is 0 Å². The number of hydrogen-bond donors (Lipinski definition) is 1. The van der Waals surface area contributed by atoms with E-state index in [0.29, 0.717) is 30.5 Å². The summed E-state index contributed by atoms with van der Waals surface area (Å²) in [5.74, 6) is 2.52. The van der Waals surface area contributed by atoms with E-state index in [1.807, 2.05) is 23.1 Å². The number of carbonyl (C=O) groups excluding carboxylic acids is 2. The van der Waals surface area contributed by atoms with Crippen molar-refractivity contribution in [2.75, 3.05) is 27.3 Å². The molecule has 27 heavy (non-hydrogen) atoms. The summed E-state index contributed by atoms with van der Waals surface area (Å²) in [4.78, 5) is 26.5. The van der Waals surface area contributed by atoms with Gasteiger partial charge in [-0.25, -0.2) is 0 Å². The molecule has 0 radical (unpaired) electrons. The Morgan fingerprint density at radius 2 is 2.00 bits per heavy atom. The third-order valence-electron chi connectivity index (χ3n) is 5.51. The largest absolute Gasteiger partial charge is 0.497 e. The predicted molar refractivity (Wildman–Crippen MR) is 103 cm³/mol. The number of piperidine rings is 1. The van der Waals surface area contributed by atoms with Crippen molar-refractivity contribution in [1.82, 2.24) is 10.2 Å². The van der Waals surface area contributed by atoms with E-state index in [4.69, 9.17) is 9.47 Å². The third-order valence-corrected chi connectivity index (χ3v) is 5.51. The molecular weight excluding hydrogens is 344 g/mol. The van der Waals surface area contributed by atoms with E-state index in [1.54, 1.807) is 14.2 Å². The molecule has 6 heteroatoms. The van der Waals surface area contributed by atoms with Crippen molar-refractivity contribution in [3.05, 3.63) is 23.8 Å². The van der Waals surface area contributed by atoms with Crippen molar-refractivity contribution in [2.24, 2.45) is 11.8 Å². The topological polar surface area (TPSA) is 67.9 Å². The zero-order chi connectivity index (χ0) is 19.2. The number of hydrogen-bond acceptors (Lipinski definition) is 4. The van der Waals surface area contributed by atoms with Crippen LogP contribution in [-0.4, -0.2) is 44.0 Å². The van der Waals surface area contributed by atoms with Crippen LogP contribution in [0.4, 0.5) is 0 Å². The number of amides is 2. The van der Waals surface area contributed by atoms with Crippen LogP contribution >= 0.6 is 0 Å². The Hall–Kier alpha value is -2.24. The molecule has 0 bridgehead atoms. The van der Waals surface area contributed by atoms with E-state index in [1.165, 1.54) is 0 Å². The molecule has 1 N–H and O–H groups in total. The summed E-state index contributed by atoms with van der Waals surface area (Å²) in [5, 5.41) is 2.97. The molecule has 2 aliphatic rings. The maximum Gasteiger partial charge on any atom is 0.225 e. The van der Waals surface area contributed by atoms with Crippen molar-refractivity contribution >= 4 is 11.8 Å². The SMILES string of the molecule is COc1ccc(CNC(=O)CC[C@@H]2CCCN(C(=O)C3CC3)C2)c(OC)c1. The second-order valence-electron chi connectivity index (χ2n) is 7.56. The Bertz CT molecular complexity index is 672. The fourth-order valence-electron chi connectivity index (χ4n) is 3.70. The Labute approximate surface area is 161 Å². The van der Waals surface area contributed by atoms with Crippen LogP contribution in [0.25, 0.3) is 0 Å². The molecule has 1 saturated heterocycles. The zero-order valence-corrected chi connectivity index (χ0v) is 16.3. The second kappa shape index (κ2) is 9.11. The van der Waals surface area contributed by atoms with Crippen LogP contribution in [0, 0.1) is 11.8 Å². The molecule has 1 aliphatic heterocycles. The molecule has 2 amide bonds. The summed E-state index contributed by atoms with van der Waals surface area (Å²) in [5.41, 5.74) is 0.922. The van der Waals surface area contributed by atoms with Gasteiger partial charge in [-0.2, -0.15) is 0 Å². The molecule has 6 nitrogen and oxygen atoms in total. The molecule has 1 aliphatic carbocycles. The van der Waals surface area contributed by atoms with Crippen LogP contribution in [0.5, 0.6) is 11.5 Å². The number of methoxy groups -OCH3 is 2. The summed E-state index contributed by atoms with van der Waals surface area (Å²) < 4.78 is 10.6. The summed E-state index contributed by atoms with van der Waals surface area (Å²) in [6.45, 7) is 2.13. The molecule has 0 aromatic heterocycles. The van der Waals surface area contributed by atoms with Gasteiger partial charge in [0.25, 0.3) is 0 Å². The number of nitrogens with zero attached hydrogens (tertiary/aromatic N) is 1. The number of likely N-dealkylation sites (tertiary alicyclic amines) is 1. The maximum atomic E-state index is 12.3. The fourth-order valence-corrected chi connectivity index (χ4v) is 3.70. The van der Waals surface area contributed by atoms with Gasteiger partial charge in [-0.3, -0.25) is 9.59 Å². The molecule has 0 spiro atoms. The fraction of sp³-hybridized carbons (Fsp3) is 0.619. The van der Waals surface area contributed by atoms with Gasteiger partial charge >= 0.3 is 0 Å². The number of rotatable bonds is 8. The Balaban J connectivity index is 1.42. The van der Waals surface area contributed by atoms with Gasteiger partial charge < -0.3 is 19.7 Å². The van der Waals surface area contributed by atoms with Gasteiger partial charge in [0.05, 0.1) is 14.2 Å². The van der Waals surface area contributed by atoms with Gasteiger partial charge in [-0.05, 0) is 50.2 Å². The van der Waals surface area contributed by atoms with Gasteiger partial charge in [0.2, 0.25) is 11.8 Å². The summed E-state index contributed by atoms with van der Waals surface area (Å²) >= 11 is 0. The molecule has 148 valence electrons. The quantitative estimate of drug-likeness (QED) is 0.760. The third kappa shape index (κ3) is 5.37. The van der Waals surface area contributed by atoms with Crippen molar-refractivity contribution in [3.8, 4) is 11.5 Å². The summed E-state index contributed by atoms with van der Waals surface area (Å²) in [7, 11) is 3.22. The number of ether oxygens (including phenoxy) is 2. The smallest absolute Gasteiger partial charge is 0.225 e. The molecule has 1 aromatic carbocycles. The van der Waals surface area contributed by atoms with Crippen molar-refractivity contribution in [1.29, 1.82) is 0 Å². The van der Waals surface area contributed by atoms with Crippen LogP contribution in [0.1, 0.15) is 44.1 Å².